The molecule has 19 heavy (non-hydrogen) atoms. The third-order valence-corrected chi connectivity index (χ3v) is 4.99. The van der Waals surface area contributed by atoms with Crippen molar-refractivity contribution in [3.63, 3.8) is 0 Å². The Hall–Kier alpha value is -1.11. The van der Waals surface area contributed by atoms with E-state index < -0.39 is 16.1 Å². The van der Waals surface area contributed by atoms with E-state index in [4.69, 9.17) is 4.74 Å². The second kappa shape index (κ2) is 5.90. The van der Waals surface area contributed by atoms with E-state index in [0.29, 0.717) is 16.9 Å². The molecule has 1 unspecified atom stereocenters. The molecule has 0 fully saturated rings. The van der Waals surface area contributed by atoms with Crippen LogP contribution in [0.1, 0.15) is 18.1 Å². The zero-order chi connectivity index (χ0) is 14.8. The lowest BCUT2D eigenvalue weighted by Crippen LogP contribution is -2.33. The van der Waals surface area contributed by atoms with E-state index in [9.17, 15) is 13.5 Å². The zero-order valence-corrected chi connectivity index (χ0v) is 12.8. The predicted octanol–water partition coefficient (Wildman–Crippen LogP) is 1.31. The number of hydrogen-bond acceptors (Lipinski definition) is 4. The molecule has 1 aromatic rings. The normalized spacial score (nSPS) is 13.6. The number of rotatable bonds is 5. The number of aliphatic hydroxyl groups is 1. The Bertz CT molecular complexity index is 529. The molecule has 0 radical (unpaired) electrons. The van der Waals surface area contributed by atoms with Gasteiger partial charge in [-0.05, 0) is 44.0 Å². The van der Waals surface area contributed by atoms with Crippen LogP contribution in [0.25, 0.3) is 0 Å². The van der Waals surface area contributed by atoms with Gasteiger partial charge in [0.15, 0.2) is 0 Å². The molecule has 108 valence electrons. The number of ether oxygens (including phenoxy) is 1. The summed E-state index contributed by atoms with van der Waals surface area (Å²) in [4.78, 5) is 0.274. The molecule has 1 N–H and O–H groups in total. The highest BCUT2D eigenvalue weighted by Gasteiger charge is 2.26. The summed E-state index contributed by atoms with van der Waals surface area (Å²) >= 11 is 0. The minimum Gasteiger partial charge on any atom is -0.497 e. The van der Waals surface area contributed by atoms with Gasteiger partial charge < -0.3 is 9.84 Å². The van der Waals surface area contributed by atoms with Crippen LogP contribution in [0.5, 0.6) is 5.75 Å². The molecule has 0 aliphatic heterocycles. The van der Waals surface area contributed by atoms with Crippen LogP contribution in [-0.4, -0.2) is 44.6 Å². The smallest absolute Gasteiger partial charge is 0.243 e. The number of aryl methyl sites for hydroxylation is 2. The number of hydrogen-bond donors (Lipinski definition) is 1. The van der Waals surface area contributed by atoms with E-state index in [1.54, 1.807) is 40.0 Å². The van der Waals surface area contributed by atoms with E-state index in [0.717, 1.165) is 0 Å². The number of likely N-dealkylation sites (N-methyl/N-ethyl adjacent to an activating group) is 1. The molecule has 0 saturated carbocycles. The molecular formula is C13H21NO4S. The molecule has 1 rings (SSSR count). The van der Waals surface area contributed by atoms with Crippen molar-refractivity contribution in [3.05, 3.63) is 23.3 Å². The number of methoxy groups -OCH3 is 1. The van der Waals surface area contributed by atoms with Crippen LogP contribution in [-0.2, 0) is 10.0 Å². The number of sulfonamides is 1. The van der Waals surface area contributed by atoms with Gasteiger partial charge in [0.25, 0.3) is 0 Å². The van der Waals surface area contributed by atoms with Gasteiger partial charge >= 0.3 is 0 Å². The zero-order valence-electron chi connectivity index (χ0n) is 12.0. The molecule has 0 heterocycles. The Morgan fingerprint density at radius 3 is 2.16 bits per heavy atom. The summed E-state index contributed by atoms with van der Waals surface area (Å²) in [5.74, 6) is 0.632. The molecule has 0 spiro atoms. The topological polar surface area (TPSA) is 66.8 Å². The Morgan fingerprint density at radius 2 is 1.79 bits per heavy atom. The Balaban J connectivity index is 3.29. The number of aliphatic hydroxyl groups excluding tert-OH is 1. The van der Waals surface area contributed by atoms with Gasteiger partial charge in [-0.15, -0.1) is 0 Å². The molecule has 1 atom stereocenters. The van der Waals surface area contributed by atoms with Crippen molar-refractivity contribution >= 4 is 10.0 Å². The second-order valence-corrected chi connectivity index (χ2v) is 6.71. The molecule has 1 aromatic carbocycles. The Morgan fingerprint density at radius 1 is 1.32 bits per heavy atom. The van der Waals surface area contributed by atoms with Crippen molar-refractivity contribution in [1.29, 1.82) is 0 Å². The van der Waals surface area contributed by atoms with E-state index >= 15 is 0 Å². The lowest BCUT2D eigenvalue weighted by molar-refractivity contribution is 0.171. The fourth-order valence-corrected chi connectivity index (χ4v) is 3.72. The molecular weight excluding hydrogens is 266 g/mol. The van der Waals surface area contributed by atoms with Crippen molar-refractivity contribution in [1.82, 2.24) is 4.31 Å². The quantitative estimate of drug-likeness (QED) is 0.887. The first-order valence-corrected chi connectivity index (χ1v) is 7.43. The van der Waals surface area contributed by atoms with Gasteiger partial charge in [-0.3, -0.25) is 0 Å². The highest BCUT2D eigenvalue weighted by atomic mass is 32.2. The standard InChI is InChI=1S/C13H21NO4S/c1-9-6-12(18-5)7-10(2)13(9)19(16,17)14(4)8-11(3)15/h6-7,11,15H,8H2,1-5H3. The predicted molar refractivity (Wildman–Crippen MR) is 74.0 cm³/mol. The van der Waals surface area contributed by atoms with Gasteiger partial charge in [0.1, 0.15) is 5.75 Å². The van der Waals surface area contributed by atoms with Crippen molar-refractivity contribution in [2.24, 2.45) is 0 Å². The summed E-state index contributed by atoms with van der Waals surface area (Å²) in [6.07, 6.45) is -0.710. The van der Waals surface area contributed by atoms with Gasteiger partial charge in [-0.2, -0.15) is 4.31 Å². The van der Waals surface area contributed by atoms with Crippen LogP contribution in [0, 0.1) is 13.8 Å². The fraction of sp³-hybridized carbons (Fsp3) is 0.538. The summed E-state index contributed by atoms with van der Waals surface area (Å²) in [5.41, 5.74) is 1.27. The van der Waals surface area contributed by atoms with Crippen molar-refractivity contribution in [2.45, 2.75) is 31.8 Å². The van der Waals surface area contributed by atoms with Gasteiger partial charge in [-0.1, -0.05) is 0 Å². The number of benzene rings is 1. The van der Waals surface area contributed by atoms with Crippen molar-refractivity contribution in [2.75, 3.05) is 20.7 Å². The summed E-state index contributed by atoms with van der Waals surface area (Å²) in [6.45, 7) is 5.09. The van der Waals surface area contributed by atoms with Crippen LogP contribution >= 0.6 is 0 Å². The fourth-order valence-electron chi connectivity index (χ4n) is 2.06. The summed E-state index contributed by atoms with van der Waals surface area (Å²) in [7, 11) is -0.596. The maximum absolute atomic E-state index is 12.5. The van der Waals surface area contributed by atoms with E-state index in [2.05, 4.69) is 0 Å². The molecule has 0 aliphatic rings. The third kappa shape index (κ3) is 3.46. The van der Waals surface area contributed by atoms with Crippen LogP contribution in [0.2, 0.25) is 0 Å². The maximum Gasteiger partial charge on any atom is 0.243 e. The first-order valence-electron chi connectivity index (χ1n) is 5.99. The first kappa shape index (κ1) is 15.9. The molecule has 0 saturated heterocycles. The monoisotopic (exact) mass is 287 g/mol. The number of nitrogens with zero attached hydrogens (tertiary/aromatic N) is 1. The first-order chi connectivity index (χ1) is 8.70. The van der Waals surface area contributed by atoms with E-state index in [1.807, 2.05) is 0 Å². The van der Waals surface area contributed by atoms with Crippen LogP contribution in [0.15, 0.2) is 17.0 Å². The largest absolute Gasteiger partial charge is 0.497 e. The summed E-state index contributed by atoms with van der Waals surface area (Å²) < 4.78 is 31.3. The average Bonchev–Trinajstić information content (AvgIpc) is 2.26. The van der Waals surface area contributed by atoms with Crippen LogP contribution in [0.4, 0.5) is 0 Å². The minimum atomic E-state index is -3.60. The molecule has 6 heteroatoms. The van der Waals surface area contributed by atoms with E-state index in [1.165, 1.54) is 11.4 Å². The maximum atomic E-state index is 12.5. The average molecular weight is 287 g/mol. The van der Waals surface area contributed by atoms with Crippen molar-refractivity contribution < 1.29 is 18.3 Å². The lowest BCUT2D eigenvalue weighted by Gasteiger charge is -2.21. The molecule has 5 nitrogen and oxygen atoms in total. The van der Waals surface area contributed by atoms with Gasteiger partial charge in [0, 0.05) is 13.6 Å². The molecule has 0 aliphatic carbocycles. The SMILES string of the molecule is COc1cc(C)c(S(=O)(=O)N(C)CC(C)O)c(C)c1. The lowest BCUT2D eigenvalue weighted by atomic mass is 10.1. The highest BCUT2D eigenvalue weighted by molar-refractivity contribution is 7.89. The molecule has 0 aromatic heterocycles. The summed E-state index contributed by atoms with van der Waals surface area (Å²) in [6, 6.07) is 3.38. The highest BCUT2D eigenvalue weighted by Crippen LogP contribution is 2.27. The third-order valence-electron chi connectivity index (χ3n) is 2.86. The van der Waals surface area contributed by atoms with Crippen LogP contribution < -0.4 is 4.74 Å². The van der Waals surface area contributed by atoms with Gasteiger partial charge in [-0.25, -0.2) is 8.42 Å². The Kier molecular flexibility index (Phi) is 4.95. The van der Waals surface area contributed by atoms with E-state index in [-0.39, 0.29) is 11.4 Å². The minimum absolute atomic E-state index is 0.0627. The van der Waals surface area contributed by atoms with Crippen molar-refractivity contribution in [3.8, 4) is 5.75 Å². The summed E-state index contributed by atoms with van der Waals surface area (Å²) in [5, 5.41) is 9.33. The molecule has 0 bridgehead atoms. The van der Waals surface area contributed by atoms with Gasteiger partial charge in [0.05, 0.1) is 18.1 Å². The molecule has 0 amide bonds. The second-order valence-electron chi connectivity index (χ2n) is 4.72. The Labute approximate surface area is 114 Å². The van der Waals surface area contributed by atoms with Gasteiger partial charge in [0.2, 0.25) is 10.0 Å². The van der Waals surface area contributed by atoms with Crippen LogP contribution in [0.3, 0.4) is 0 Å².